The van der Waals surface area contributed by atoms with Crippen molar-refractivity contribution in [2.75, 3.05) is 0 Å². The van der Waals surface area contributed by atoms with Crippen molar-refractivity contribution >= 4 is 15.9 Å². The molecule has 1 aromatic heterocycles. The van der Waals surface area contributed by atoms with Crippen molar-refractivity contribution in [3.63, 3.8) is 0 Å². The molecule has 0 aromatic carbocycles. The van der Waals surface area contributed by atoms with Gasteiger partial charge in [0, 0.05) is 19.1 Å². The fourth-order valence-corrected chi connectivity index (χ4v) is 2.49. The maximum atomic E-state index is 4.58. The Hall–Kier alpha value is -0.610. The Balaban J connectivity index is 2.75. The topological polar surface area (TPSA) is 29.9 Å². The Bertz CT molecular complexity index is 371. The highest BCUT2D eigenvalue weighted by molar-refractivity contribution is 9.10. The molecule has 0 bridgehead atoms. The number of aryl methyl sites for hydroxylation is 2. The molecule has 4 heteroatoms. The van der Waals surface area contributed by atoms with Crippen molar-refractivity contribution in [3.05, 3.63) is 28.5 Å². The molecular weight excluding hydrogens is 278 g/mol. The lowest BCUT2D eigenvalue weighted by molar-refractivity contribution is 0.518. The van der Waals surface area contributed by atoms with Gasteiger partial charge in [0.1, 0.15) is 0 Å². The van der Waals surface area contributed by atoms with E-state index in [-0.39, 0.29) is 0 Å². The predicted molar refractivity (Wildman–Crippen MR) is 76.1 cm³/mol. The quantitative estimate of drug-likeness (QED) is 0.783. The van der Waals surface area contributed by atoms with E-state index in [1.54, 1.807) is 0 Å². The average molecular weight is 300 g/mol. The molecule has 0 amide bonds. The molecule has 1 atom stereocenters. The first-order valence-corrected chi connectivity index (χ1v) is 7.01. The van der Waals surface area contributed by atoms with Crippen LogP contribution in [0.1, 0.15) is 38.6 Å². The van der Waals surface area contributed by atoms with Crippen LogP contribution in [0.4, 0.5) is 0 Å². The van der Waals surface area contributed by atoms with E-state index >= 15 is 0 Å². The van der Waals surface area contributed by atoms with Crippen molar-refractivity contribution in [1.82, 2.24) is 15.1 Å². The zero-order chi connectivity index (χ0) is 12.8. The van der Waals surface area contributed by atoms with Crippen LogP contribution in [-0.4, -0.2) is 15.8 Å². The highest BCUT2D eigenvalue weighted by Crippen LogP contribution is 2.22. The summed E-state index contributed by atoms with van der Waals surface area (Å²) in [6, 6.07) is 0.449. The third-order valence-electron chi connectivity index (χ3n) is 2.83. The number of nitrogens with one attached hydrogen (secondary N) is 1. The van der Waals surface area contributed by atoms with E-state index in [1.165, 1.54) is 5.69 Å². The van der Waals surface area contributed by atoms with E-state index < -0.39 is 0 Å². The van der Waals surface area contributed by atoms with E-state index in [0.29, 0.717) is 6.04 Å². The Kier molecular flexibility index (Phi) is 5.92. The molecule has 1 heterocycles. The van der Waals surface area contributed by atoms with Crippen LogP contribution in [0.25, 0.3) is 0 Å². The standard InChI is InChI=1S/C13H22BrN3/c1-5-8-10(4)15-9-12-13(14)11(6-2)16-17(12)7-3/h5,10,15H,1,6-9H2,2-4H3. The highest BCUT2D eigenvalue weighted by Gasteiger charge is 2.13. The van der Waals surface area contributed by atoms with Gasteiger partial charge in [-0.1, -0.05) is 13.0 Å². The summed E-state index contributed by atoms with van der Waals surface area (Å²) in [5, 5.41) is 8.07. The Labute approximate surface area is 112 Å². The molecule has 0 fully saturated rings. The normalized spacial score (nSPS) is 12.7. The van der Waals surface area contributed by atoms with Crippen molar-refractivity contribution in [2.45, 2.75) is 52.7 Å². The molecule has 0 aliphatic rings. The SMILES string of the molecule is C=CCC(C)NCc1c(Br)c(CC)nn1CC. The van der Waals surface area contributed by atoms with Gasteiger partial charge >= 0.3 is 0 Å². The smallest absolute Gasteiger partial charge is 0.0767 e. The van der Waals surface area contributed by atoms with Gasteiger partial charge in [0.25, 0.3) is 0 Å². The summed E-state index contributed by atoms with van der Waals surface area (Å²) in [7, 11) is 0. The number of rotatable bonds is 7. The van der Waals surface area contributed by atoms with Crippen LogP contribution >= 0.6 is 15.9 Å². The van der Waals surface area contributed by atoms with Crippen molar-refractivity contribution in [3.8, 4) is 0 Å². The lowest BCUT2D eigenvalue weighted by Gasteiger charge is -2.12. The fourth-order valence-electron chi connectivity index (χ4n) is 1.79. The Morgan fingerprint density at radius 1 is 1.53 bits per heavy atom. The first kappa shape index (κ1) is 14.5. The summed E-state index contributed by atoms with van der Waals surface area (Å²) >= 11 is 3.65. The highest BCUT2D eigenvalue weighted by atomic mass is 79.9. The van der Waals surface area contributed by atoms with Crippen molar-refractivity contribution in [1.29, 1.82) is 0 Å². The summed E-state index contributed by atoms with van der Waals surface area (Å²) in [5.41, 5.74) is 2.38. The second-order valence-corrected chi connectivity index (χ2v) is 4.98. The molecule has 0 aliphatic heterocycles. The van der Waals surface area contributed by atoms with Gasteiger partial charge in [-0.05, 0) is 42.6 Å². The Morgan fingerprint density at radius 3 is 2.76 bits per heavy atom. The molecule has 0 spiro atoms. The summed E-state index contributed by atoms with van der Waals surface area (Å²) in [6.45, 7) is 11.9. The van der Waals surface area contributed by atoms with Crippen LogP contribution in [0.2, 0.25) is 0 Å². The summed E-state index contributed by atoms with van der Waals surface area (Å²) in [4.78, 5) is 0. The van der Waals surface area contributed by atoms with Gasteiger partial charge < -0.3 is 5.32 Å². The largest absolute Gasteiger partial charge is 0.308 e. The number of hydrogen-bond donors (Lipinski definition) is 1. The molecule has 1 N–H and O–H groups in total. The van der Waals surface area contributed by atoms with Crippen LogP contribution in [0.3, 0.4) is 0 Å². The van der Waals surface area contributed by atoms with Gasteiger partial charge in [-0.25, -0.2) is 0 Å². The number of nitrogens with zero attached hydrogens (tertiary/aromatic N) is 2. The van der Waals surface area contributed by atoms with E-state index in [1.807, 2.05) is 6.08 Å². The fraction of sp³-hybridized carbons (Fsp3) is 0.615. The molecule has 1 aromatic rings. The maximum absolute atomic E-state index is 4.58. The van der Waals surface area contributed by atoms with E-state index in [4.69, 9.17) is 0 Å². The van der Waals surface area contributed by atoms with Crippen molar-refractivity contribution < 1.29 is 0 Å². The summed E-state index contributed by atoms with van der Waals surface area (Å²) < 4.78 is 3.22. The number of hydrogen-bond acceptors (Lipinski definition) is 2. The summed E-state index contributed by atoms with van der Waals surface area (Å²) in [5.74, 6) is 0. The van der Waals surface area contributed by atoms with Crippen LogP contribution in [0.5, 0.6) is 0 Å². The summed E-state index contributed by atoms with van der Waals surface area (Å²) in [6.07, 6.45) is 3.89. The van der Waals surface area contributed by atoms with Gasteiger partial charge in [-0.2, -0.15) is 5.10 Å². The molecule has 0 saturated heterocycles. The molecule has 1 rings (SSSR count). The molecule has 0 aliphatic carbocycles. The maximum Gasteiger partial charge on any atom is 0.0767 e. The molecule has 96 valence electrons. The van der Waals surface area contributed by atoms with E-state index in [9.17, 15) is 0 Å². The van der Waals surface area contributed by atoms with E-state index in [2.05, 4.69) is 58.4 Å². The molecule has 3 nitrogen and oxygen atoms in total. The second kappa shape index (κ2) is 6.97. The minimum absolute atomic E-state index is 0.449. The van der Waals surface area contributed by atoms with Gasteiger partial charge in [-0.3, -0.25) is 4.68 Å². The van der Waals surface area contributed by atoms with Crippen LogP contribution in [-0.2, 0) is 19.5 Å². The van der Waals surface area contributed by atoms with Crippen LogP contribution in [0, 0.1) is 0 Å². The molecule has 1 unspecified atom stereocenters. The average Bonchev–Trinajstić information content (AvgIpc) is 2.63. The molecular formula is C13H22BrN3. The molecule has 0 saturated carbocycles. The first-order valence-electron chi connectivity index (χ1n) is 6.22. The van der Waals surface area contributed by atoms with Crippen molar-refractivity contribution in [2.24, 2.45) is 0 Å². The van der Waals surface area contributed by atoms with Crippen LogP contribution in [0.15, 0.2) is 17.1 Å². The first-order chi connectivity index (χ1) is 8.13. The number of halogens is 1. The third-order valence-corrected chi connectivity index (χ3v) is 3.75. The van der Waals surface area contributed by atoms with Gasteiger partial charge in [0.15, 0.2) is 0 Å². The Morgan fingerprint density at radius 2 is 2.24 bits per heavy atom. The van der Waals surface area contributed by atoms with Gasteiger partial charge in [0.2, 0.25) is 0 Å². The lowest BCUT2D eigenvalue weighted by Crippen LogP contribution is -2.26. The zero-order valence-electron chi connectivity index (χ0n) is 11.0. The molecule has 17 heavy (non-hydrogen) atoms. The predicted octanol–water partition coefficient (Wildman–Crippen LogP) is 3.28. The van der Waals surface area contributed by atoms with E-state index in [0.717, 1.165) is 36.1 Å². The minimum atomic E-state index is 0.449. The lowest BCUT2D eigenvalue weighted by atomic mass is 10.2. The van der Waals surface area contributed by atoms with Crippen LogP contribution < -0.4 is 5.32 Å². The minimum Gasteiger partial charge on any atom is -0.308 e. The van der Waals surface area contributed by atoms with Gasteiger partial charge in [0.05, 0.1) is 15.9 Å². The second-order valence-electron chi connectivity index (χ2n) is 4.18. The van der Waals surface area contributed by atoms with Gasteiger partial charge in [-0.15, -0.1) is 6.58 Å². The third kappa shape index (κ3) is 3.68. The number of aromatic nitrogens is 2. The monoisotopic (exact) mass is 299 g/mol. The molecule has 0 radical (unpaired) electrons. The zero-order valence-corrected chi connectivity index (χ0v) is 12.5.